The van der Waals surface area contributed by atoms with E-state index >= 15 is 0 Å². The molecule has 1 aromatic heterocycles. The Bertz CT molecular complexity index is 545. The molecule has 0 unspecified atom stereocenters. The second kappa shape index (κ2) is 8.58. The number of nitrogens with one attached hydrogen (secondary N) is 1. The summed E-state index contributed by atoms with van der Waals surface area (Å²) in [4.78, 5) is 4.66. The van der Waals surface area contributed by atoms with Crippen LogP contribution in [0.5, 0.6) is 0 Å². The fraction of sp³-hybridized carbons (Fsp3) is 0.824. The molecule has 0 bridgehead atoms. The summed E-state index contributed by atoms with van der Waals surface area (Å²) in [6.45, 7) is 5.71. The standard InChI is InChI=1S/C17H29N5O2/c1-3-23-16(24-4-2)12-18-14-10-11-15-19-20-17(22(15)21-14)13-8-6-5-7-9-13/h13,16H,3-12H2,1-2H3,(H,18,21). The summed E-state index contributed by atoms with van der Waals surface area (Å²) in [5.74, 6) is 3.57. The maximum atomic E-state index is 5.56. The van der Waals surface area contributed by atoms with Crippen LogP contribution >= 0.6 is 0 Å². The van der Waals surface area contributed by atoms with Gasteiger partial charge < -0.3 is 9.47 Å². The van der Waals surface area contributed by atoms with Crippen molar-refractivity contribution >= 4 is 5.84 Å². The van der Waals surface area contributed by atoms with E-state index in [1.807, 2.05) is 13.8 Å². The van der Waals surface area contributed by atoms with Crippen molar-refractivity contribution in [1.82, 2.24) is 14.9 Å². The van der Waals surface area contributed by atoms with Crippen LogP contribution in [0.2, 0.25) is 0 Å². The van der Waals surface area contributed by atoms with Gasteiger partial charge in [0.05, 0.1) is 6.54 Å². The Morgan fingerprint density at radius 2 is 1.88 bits per heavy atom. The fourth-order valence-electron chi connectivity index (χ4n) is 3.48. The van der Waals surface area contributed by atoms with E-state index in [4.69, 9.17) is 9.47 Å². The van der Waals surface area contributed by atoms with Crippen molar-refractivity contribution < 1.29 is 9.47 Å². The number of nitrogens with zero attached hydrogens (tertiary/aromatic N) is 4. The van der Waals surface area contributed by atoms with Crippen LogP contribution in [0, 0.1) is 0 Å². The Balaban J connectivity index is 1.66. The first-order chi connectivity index (χ1) is 11.8. The van der Waals surface area contributed by atoms with Gasteiger partial charge >= 0.3 is 0 Å². The van der Waals surface area contributed by atoms with Gasteiger partial charge in [-0.3, -0.25) is 10.4 Å². The van der Waals surface area contributed by atoms with Crippen LogP contribution in [0.15, 0.2) is 4.99 Å². The van der Waals surface area contributed by atoms with Crippen molar-refractivity contribution in [1.29, 1.82) is 0 Å². The maximum Gasteiger partial charge on any atom is 0.176 e. The van der Waals surface area contributed by atoms with Gasteiger partial charge in [0.1, 0.15) is 5.84 Å². The zero-order valence-electron chi connectivity index (χ0n) is 14.8. The summed E-state index contributed by atoms with van der Waals surface area (Å²) >= 11 is 0. The smallest absolute Gasteiger partial charge is 0.176 e. The third-order valence-electron chi connectivity index (χ3n) is 4.69. The highest BCUT2D eigenvalue weighted by Crippen LogP contribution is 2.32. The van der Waals surface area contributed by atoms with E-state index in [0.717, 1.165) is 30.3 Å². The molecule has 134 valence electrons. The van der Waals surface area contributed by atoms with Gasteiger partial charge in [0.2, 0.25) is 0 Å². The Kier molecular flexibility index (Phi) is 6.20. The van der Waals surface area contributed by atoms with Crippen molar-refractivity contribution in [3.05, 3.63) is 11.6 Å². The Morgan fingerprint density at radius 1 is 1.12 bits per heavy atom. The van der Waals surface area contributed by atoms with Gasteiger partial charge in [0.25, 0.3) is 0 Å². The summed E-state index contributed by atoms with van der Waals surface area (Å²) in [7, 11) is 0. The molecule has 24 heavy (non-hydrogen) atoms. The van der Waals surface area contributed by atoms with E-state index in [-0.39, 0.29) is 6.29 Å². The Labute approximate surface area is 143 Å². The average Bonchev–Trinajstić information content (AvgIpc) is 3.04. The lowest BCUT2D eigenvalue weighted by Crippen LogP contribution is -2.33. The predicted octanol–water partition coefficient (Wildman–Crippen LogP) is 2.61. The van der Waals surface area contributed by atoms with Crippen molar-refractivity contribution in [3.63, 3.8) is 0 Å². The largest absolute Gasteiger partial charge is 0.351 e. The third-order valence-corrected chi connectivity index (χ3v) is 4.69. The Morgan fingerprint density at radius 3 is 2.58 bits per heavy atom. The van der Waals surface area contributed by atoms with Gasteiger partial charge in [0.15, 0.2) is 17.9 Å². The predicted molar refractivity (Wildman–Crippen MR) is 92.9 cm³/mol. The highest BCUT2D eigenvalue weighted by molar-refractivity contribution is 5.90. The molecule has 1 aliphatic heterocycles. The van der Waals surface area contributed by atoms with Crippen LogP contribution in [0.1, 0.15) is 69.9 Å². The number of aliphatic imine (C=N–C) groups is 1. The molecule has 1 fully saturated rings. The molecule has 1 saturated carbocycles. The lowest BCUT2D eigenvalue weighted by Gasteiger charge is -2.25. The first-order valence-corrected chi connectivity index (χ1v) is 9.29. The molecule has 2 aliphatic rings. The van der Waals surface area contributed by atoms with Gasteiger partial charge in [-0.1, -0.05) is 19.3 Å². The van der Waals surface area contributed by atoms with Gasteiger partial charge in [0, 0.05) is 32.0 Å². The molecule has 0 spiro atoms. The number of hydrogen-bond donors (Lipinski definition) is 1. The van der Waals surface area contributed by atoms with Gasteiger partial charge in [-0.05, 0) is 26.7 Å². The number of ether oxygens (including phenoxy) is 2. The monoisotopic (exact) mass is 335 g/mol. The molecule has 7 nitrogen and oxygen atoms in total. The first kappa shape index (κ1) is 17.4. The van der Waals surface area contributed by atoms with E-state index in [0.29, 0.717) is 25.7 Å². The summed E-state index contributed by atoms with van der Waals surface area (Å²) in [5.41, 5.74) is 3.41. The summed E-state index contributed by atoms with van der Waals surface area (Å²) in [6, 6.07) is 0. The van der Waals surface area contributed by atoms with Gasteiger partial charge in [-0.25, -0.2) is 4.68 Å². The molecule has 2 heterocycles. The van der Waals surface area contributed by atoms with Crippen LogP contribution in [-0.4, -0.2) is 46.8 Å². The molecule has 0 saturated heterocycles. The van der Waals surface area contributed by atoms with Crippen molar-refractivity contribution in [3.8, 4) is 0 Å². The minimum absolute atomic E-state index is 0.269. The lowest BCUT2D eigenvalue weighted by atomic mass is 9.89. The van der Waals surface area contributed by atoms with Crippen LogP contribution < -0.4 is 5.43 Å². The minimum Gasteiger partial charge on any atom is -0.351 e. The van der Waals surface area contributed by atoms with Crippen molar-refractivity contribution in [2.45, 2.75) is 71.0 Å². The van der Waals surface area contributed by atoms with Crippen molar-refractivity contribution in [2.24, 2.45) is 4.99 Å². The molecular formula is C17H29N5O2. The number of fused-ring (bicyclic) bond motifs is 1. The second-order valence-corrected chi connectivity index (χ2v) is 6.38. The van der Waals surface area contributed by atoms with Crippen LogP contribution in [0.3, 0.4) is 0 Å². The maximum absolute atomic E-state index is 5.56. The Hall–Kier alpha value is -1.47. The molecule has 1 aliphatic carbocycles. The molecule has 3 rings (SSSR count). The quantitative estimate of drug-likeness (QED) is 0.775. The third kappa shape index (κ3) is 4.13. The number of aromatic nitrogens is 3. The van der Waals surface area contributed by atoms with Crippen LogP contribution in [-0.2, 0) is 15.9 Å². The fourth-order valence-corrected chi connectivity index (χ4v) is 3.48. The van der Waals surface area contributed by atoms with E-state index in [2.05, 4.69) is 25.3 Å². The van der Waals surface area contributed by atoms with E-state index in [1.165, 1.54) is 32.1 Å². The normalized spacial score (nSPS) is 20.4. The van der Waals surface area contributed by atoms with E-state index < -0.39 is 0 Å². The topological polar surface area (TPSA) is 73.6 Å². The summed E-state index contributed by atoms with van der Waals surface area (Å²) < 4.78 is 13.2. The molecule has 1 N–H and O–H groups in total. The average molecular weight is 335 g/mol. The van der Waals surface area contributed by atoms with Crippen molar-refractivity contribution in [2.75, 3.05) is 25.2 Å². The summed E-state index contributed by atoms with van der Waals surface area (Å²) in [5, 5.41) is 8.82. The number of rotatable bonds is 7. The molecule has 7 heteroatoms. The van der Waals surface area contributed by atoms with Gasteiger partial charge in [-0.15, -0.1) is 10.2 Å². The molecular weight excluding hydrogens is 306 g/mol. The van der Waals surface area contributed by atoms with E-state index in [1.54, 1.807) is 0 Å². The molecule has 0 aromatic carbocycles. The summed E-state index contributed by atoms with van der Waals surface area (Å²) in [6.07, 6.45) is 7.80. The number of aryl methyl sites for hydroxylation is 1. The van der Waals surface area contributed by atoms with Crippen LogP contribution in [0.25, 0.3) is 0 Å². The SMILES string of the molecule is CCOC(CN=C1CCc2nnc(C3CCCCC3)n2N1)OCC. The number of amidine groups is 1. The minimum atomic E-state index is -0.269. The van der Waals surface area contributed by atoms with E-state index in [9.17, 15) is 0 Å². The zero-order chi connectivity index (χ0) is 16.8. The highest BCUT2D eigenvalue weighted by Gasteiger charge is 2.26. The van der Waals surface area contributed by atoms with Gasteiger partial charge in [-0.2, -0.15) is 0 Å². The zero-order valence-corrected chi connectivity index (χ0v) is 14.8. The molecule has 1 aromatic rings. The number of hydrogen-bond acceptors (Lipinski definition) is 5. The first-order valence-electron chi connectivity index (χ1n) is 9.29. The second-order valence-electron chi connectivity index (χ2n) is 6.38. The lowest BCUT2D eigenvalue weighted by molar-refractivity contribution is -0.128. The molecule has 0 radical (unpaired) electrons. The molecule has 0 atom stereocenters. The van der Waals surface area contributed by atoms with Crippen LogP contribution in [0.4, 0.5) is 0 Å². The highest BCUT2D eigenvalue weighted by atomic mass is 16.7. The molecule has 0 amide bonds.